The topological polar surface area (TPSA) is 58.3 Å². The van der Waals surface area contributed by atoms with Crippen LogP contribution >= 0.6 is 0 Å². The van der Waals surface area contributed by atoms with Crippen molar-refractivity contribution in [3.05, 3.63) is 59.3 Å². The minimum Gasteiger partial charge on any atom is -0.447 e. The predicted molar refractivity (Wildman–Crippen MR) is 85.9 cm³/mol. The smallest absolute Gasteiger partial charge is 0.208 e. The minimum atomic E-state index is -0.0741. The zero-order chi connectivity index (χ0) is 15.4. The minimum absolute atomic E-state index is 0.0741. The number of hydrogen-bond acceptors (Lipinski definition) is 4. The summed E-state index contributed by atoms with van der Waals surface area (Å²) in [5.74, 6) is 1.25. The summed E-state index contributed by atoms with van der Waals surface area (Å²) in [6.45, 7) is 2.75. The van der Waals surface area contributed by atoms with Gasteiger partial charge in [0.15, 0.2) is 0 Å². The second kappa shape index (κ2) is 6.90. The fourth-order valence-electron chi connectivity index (χ4n) is 2.79. The van der Waals surface area contributed by atoms with E-state index in [-0.39, 0.29) is 6.61 Å². The van der Waals surface area contributed by atoms with Gasteiger partial charge in [0.2, 0.25) is 5.89 Å². The number of benzene rings is 1. The average molecular weight is 298 g/mol. The Bertz CT molecular complexity index is 634. The molecule has 0 radical (unpaired) electrons. The summed E-state index contributed by atoms with van der Waals surface area (Å²) in [7, 11) is 0. The molecule has 4 heteroatoms. The van der Waals surface area contributed by atoms with Crippen molar-refractivity contribution < 1.29 is 9.52 Å². The second-order valence-electron chi connectivity index (χ2n) is 5.70. The molecule has 1 fully saturated rings. The molecule has 1 aromatic heterocycles. The van der Waals surface area contributed by atoms with Gasteiger partial charge in [-0.1, -0.05) is 48.9 Å². The number of oxazole rings is 1. The monoisotopic (exact) mass is 298 g/mol. The third kappa shape index (κ3) is 3.64. The van der Waals surface area contributed by atoms with Crippen LogP contribution in [0.3, 0.4) is 0 Å². The van der Waals surface area contributed by atoms with Gasteiger partial charge in [-0.3, -0.25) is 0 Å². The first-order valence-electron chi connectivity index (χ1n) is 7.83. The summed E-state index contributed by atoms with van der Waals surface area (Å²) in [6, 6.07) is 11.0. The van der Waals surface area contributed by atoms with Gasteiger partial charge in [-0.2, -0.15) is 0 Å². The first-order valence-corrected chi connectivity index (χ1v) is 7.83. The van der Waals surface area contributed by atoms with Gasteiger partial charge in [0, 0.05) is 6.04 Å². The molecule has 116 valence electrons. The molecule has 22 heavy (non-hydrogen) atoms. The standard InChI is InChI=1S/C18H22N2O2/c1-2-14(8-13-6-4-3-5-7-13)16-9-17(16)19-10-18-20-15(11-21)12-22-18/h3-8,12,16-17,19,21H,2,9-11H2,1H3/b14-8+. The molecular formula is C18H22N2O2. The normalized spacial score (nSPS) is 21.1. The molecule has 2 aromatic rings. The van der Waals surface area contributed by atoms with Crippen LogP contribution in [-0.4, -0.2) is 16.1 Å². The van der Waals surface area contributed by atoms with E-state index in [2.05, 4.69) is 47.6 Å². The van der Waals surface area contributed by atoms with E-state index in [0.717, 1.165) is 6.42 Å². The van der Waals surface area contributed by atoms with E-state index in [9.17, 15) is 0 Å². The summed E-state index contributed by atoms with van der Waals surface area (Å²) < 4.78 is 5.30. The van der Waals surface area contributed by atoms with Crippen molar-refractivity contribution in [3.8, 4) is 0 Å². The Morgan fingerprint density at radius 3 is 2.91 bits per heavy atom. The molecule has 2 unspecified atom stereocenters. The van der Waals surface area contributed by atoms with Crippen LogP contribution < -0.4 is 5.32 Å². The van der Waals surface area contributed by atoms with Crippen molar-refractivity contribution in [2.24, 2.45) is 5.92 Å². The number of aliphatic hydroxyl groups is 1. The van der Waals surface area contributed by atoms with Gasteiger partial charge in [0.1, 0.15) is 12.0 Å². The largest absolute Gasteiger partial charge is 0.447 e. The molecule has 0 spiro atoms. The highest BCUT2D eigenvalue weighted by atomic mass is 16.3. The molecule has 2 atom stereocenters. The van der Waals surface area contributed by atoms with Crippen LogP contribution in [0.1, 0.15) is 36.9 Å². The lowest BCUT2D eigenvalue weighted by atomic mass is 10.0. The average Bonchev–Trinajstić information content (AvgIpc) is 3.18. The number of rotatable bonds is 7. The molecule has 1 aliphatic rings. The molecule has 4 nitrogen and oxygen atoms in total. The van der Waals surface area contributed by atoms with Gasteiger partial charge in [0.25, 0.3) is 0 Å². The molecule has 0 bridgehead atoms. The van der Waals surface area contributed by atoms with Crippen LogP contribution in [0.15, 0.2) is 46.6 Å². The van der Waals surface area contributed by atoms with Gasteiger partial charge in [0.05, 0.1) is 13.2 Å². The molecule has 1 aliphatic carbocycles. The van der Waals surface area contributed by atoms with E-state index in [4.69, 9.17) is 9.52 Å². The Morgan fingerprint density at radius 1 is 1.41 bits per heavy atom. The van der Waals surface area contributed by atoms with E-state index in [0.29, 0.717) is 30.1 Å². The maximum Gasteiger partial charge on any atom is 0.208 e. The van der Waals surface area contributed by atoms with Gasteiger partial charge < -0.3 is 14.8 Å². The van der Waals surface area contributed by atoms with Crippen molar-refractivity contribution in [1.29, 1.82) is 0 Å². The van der Waals surface area contributed by atoms with Crippen molar-refractivity contribution in [1.82, 2.24) is 10.3 Å². The molecule has 2 N–H and O–H groups in total. The Hall–Kier alpha value is -1.91. The summed E-state index contributed by atoms with van der Waals surface area (Å²) in [6.07, 6.45) is 6.06. The van der Waals surface area contributed by atoms with Crippen LogP contribution in [0.5, 0.6) is 0 Å². The number of aromatic nitrogens is 1. The third-order valence-electron chi connectivity index (χ3n) is 4.10. The number of nitrogens with zero attached hydrogens (tertiary/aromatic N) is 1. The molecule has 1 heterocycles. The lowest BCUT2D eigenvalue weighted by Crippen LogP contribution is -2.18. The van der Waals surface area contributed by atoms with Crippen molar-refractivity contribution in [2.45, 2.75) is 39.0 Å². The Morgan fingerprint density at radius 2 is 2.23 bits per heavy atom. The van der Waals surface area contributed by atoms with Crippen LogP contribution in [0.4, 0.5) is 0 Å². The van der Waals surface area contributed by atoms with E-state index in [1.165, 1.54) is 23.8 Å². The van der Waals surface area contributed by atoms with Crippen LogP contribution in [0.25, 0.3) is 6.08 Å². The molecule has 1 saturated carbocycles. The number of nitrogens with one attached hydrogen (secondary N) is 1. The maximum atomic E-state index is 8.98. The predicted octanol–water partition coefficient (Wildman–Crippen LogP) is 3.14. The van der Waals surface area contributed by atoms with Gasteiger partial charge in [-0.05, 0) is 24.3 Å². The summed E-state index contributed by atoms with van der Waals surface area (Å²) in [5, 5.41) is 12.5. The van der Waals surface area contributed by atoms with Crippen LogP contribution in [0.2, 0.25) is 0 Å². The first-order chi connectivity index (χ1) is 10.8. The summed E-state index contributed by atoms with van der Waals surface area (Å²) in [4.78, 5) is 4.19. The van der Waals surface area contributed by atoms with Crippen molar-refractivity contribution >= 4 is 6.08 Å². The van der Waals surface area contributed by atoms with Crippen molar-refractivity contribution in [2.75, 3.05) is 0 Å². The summed E-state index contributed by atoms with van der Waals surface area (Å²) in [5.41, 5.74) is 3.35. The van der Waals surface area contributed by atoms with E-state index in [1.807, 2.05) is 6.07 Å². The van der Waals surface area contributed by atoms with Gasteiger partial charge >= 0.3 is 0 Å². The van der Waals surface area contributed by atoms with Gasteiger partial charge in [-0.15, -0.1) is 0 Å². The SMILES string of the molecule is CC/C(=C\c1ccccc1)C1CC1NCc1nc(CO)co1. The number of aliphatic hydroxyl groups excluding tert-OH is 1. The Labute approximate surface area is 130 Å². The lowest BCUT2D eigenvalue weighted by Gasteiger charge is -2.05. The molecule has 0 amide bonds. The second-order valence-corrected chi connectivity index (χ2v) is 5.70. The van der Waals surface area contributed by atoms with Gasteiger partial charge in [-0.25, -0.2) is 4.98 Å². The number of hydrogen-bond donors (Lipinski definition) is 2. The van der Waals surface area contributed by atoms with E-state index >= 15 is 0 Å². The van der Waals surface area contributed by atoms with Crippen LogP contribution in [-0.2, 0) is 13.2 Å². The fourth-order valence-corrected chi connectivity index (χ4v) is 2.79. The highest BCUT2D eigenvalue weighted by molar-refractivity contribution is 5.54. The van der Waals surface area contributed by atoms with E-state index < -0.39 is 0 Å². The quantitative estimate of drug-likeness (QED) is 0.824. The van der Waals surface area contributed by atoms with E-state index in [1.54, 1.807) is 0 Å². The lowest BCUT2D eigenvalue weighted by molar-refractivity contribution is 0.276. The third-order valence-corrected chi connectivity index (χ3v) is 4.10. The Kier molecular flexibility index (Phi) is 4.71. The fraction of sp³-hybridized carbons (Fsp3) is 0.389. The molecule has 0 aliphatic heterocycles. The zero-order valence-corrected chi connectivity index (χ0v) is 12.8. The molecule has 0 saturated heterocycles. The Balaban J connectivity index is 1.55. The molecular weight excluding hydrogens is 276 g/mol. The molecule has 1 aromatic carbocycles. The molecule has 3 rings (SSSR count). The highest BCUT2D eigenvalue weighted by Gasteiger charge is 2.38. The maximum absolute atomic E-state index is 8.98. The van der Waals surface area contributed by atoms with Crippen molar-refractivity contribution in [3.63, 3.8) is 0 Å². The highest BCUT2D eigenvalue weighted by Crippen LogP contribution is 2.39. The first kappa shape index (κ1) is 15.0. The van der Waals surface area contributed by atoms with Crippen LogP contribution in [0, 0.1) is 5.92 Å². The summed E-state index contributed by atoms with van der Waals surface area (Å²) >= 11 is 0. The zero-order valence-electron chi connectivity index (χ0n) is 12.8.